The van der Waals surface area contributed by atoms with Gasteiger partial charge in [0, 0.05) is 0 Å². The maximum atomic E-state index is 9.73. The molecule has 1 fully saturated rings. The quantitative estimate of drug-likeness (QED) is 0.672. The Morgan fingerprint density at radius 2 is 1.65 bits per heavy atom. The van der Waals surface area contributed by atoms with Crippen molar-refractivity contribution in [1.82, 2.24) is 0 Å². The van der Waals surface area contributed by atoms with E-state index in [1.807, 2.05) is 6.07 Å². The van der Waals surface area contributed by atoms with Gasteiger partial charge in [0.2, 0.25) is 6.29 Å². The fraction of sp³-hybridized carbons (Fsp3) is 0.500. The van der Waals surface area contributed by atoms with Gasteiger partial charge >= 0.3 is 0 Å². The van der Waals surface area contributed by atoms with Gasteiger partial charge in [-0.1, -0.05) is 18.2 Å². The second-order valence-corrected chi connectivity index (χ2v) is 4.11. The van der Waals surface area contributed by atoms with E-state index < -0.39 is 30.7 Å². The first-order valence-electron chi connectivity index (χ1n) is 5.51. The Bertz CT molecular complexity index is 355. The van der Waals surface area contributed by atoms with Crippen LogP contribution in [0.2, 0.25) is 0 Å². The smallest absolute Gasteiger partial charge is 0.229 e. The summed E-state index contributed by atoms with van der Waals surface area (Å²) < 4.78 is 10.7. The van der Waals surface area contributed by atoms with Crippen molar-refractivity contribution in [3.63, 3.8) is 0 Å². The number of hydrogen-bond donors (Lipinski definition) is 3. The van der Waals surface area contributed by atoms with E-state index in [4.69, 9.17) is 9.47 Å². The Labute approximate surface area is 99.2 Å². The van der Waals surface area contributed by atoms with Crippen molar-refractivity contribution < 1.29 is 24.8 Å². The molecule has 0 aromatic heterocycles. The van der Waals surface area contributed by atoms with Crippen LogP contribution in [-0.2, 0) is 4.74 Å². The molecule has 0 unspecified atom stereocenters. The topological polar surface area (TPSA) is 79.2 Å². The van der Waals surface area contributed by atoms with E-state index in [9.17, 15) is 15.3 Å². The maximum Gasteiger partial charge on any atom is 0.229 e. The van der Waals surface area contributed by atoms with Crippen LogP contribution >= 0.6 is 0 Å². The van der Waals surface area contributed by atoms with E-state index in [2.05, 4.69) is 0 Å². The maximum absolute atomic E-state index is 9.73. The van der Waals surface area contributed by atoms with E-state index in [0.717, 1.165) is 0 Å². The van der Waals surface area contributed by atoms with Gasteiger partial charge in [-0.3, -0.25) is 0 Å². The largest absolute Gasteiger partial charge is 0.462 e. The van der Waals surface area contributed by atoms with Crippen molar-refractivity contribution in [2.24, 2.45) is 0 Å². The summed E-state index contributed by atoms with van der Waals surface area (Å²) in [5.74, 6) is 0.535. The zero-order valence-electron chi connectivity index (χ0n) is 9.43. The van der Waals surface area contributed by atoms with Crippen LogP contribution in [0.3, 0.4) is 0 Å². The molecule has 2 rings (SSSR count). The molecule has 5 nitrogen and oxygen atoms in total. The molecule has 1 saturated heterocycles. The summed E-state index contributed by atoms with van der Waals surface area (Å²) in [7, 11) is 0. The van der Waals surface area contributed by atoms with Gasteiger partial charge in [-0.05, 0) is 19.1 Å². The molecule has 0 radical (unpaired) electrons. The van der Waals surface area contributed by atoms with Gasteiger partial charge < -0.3 is 24.8 Å². The first-order chi connectivity index (χ1) is 8.09. The number of aliphatic hydroxyl groups is 3. The van der Waals surface area contributed by atoms with E-state index in [0.29, 0.717) is 5.75 Å². The molecule has 1 heterocycles. The number of rotatable bonds is 2. The van der Waals surface area contributed by atoms with E-state index in [1.54, 1.807) is 31.2 Å². The molecule has 0 spiro atoms. The van der Waals surface area contributed by atoms with Crippen molar-refractivity contribution in [3.8, 4) is 5.75 Å². The zero-order valence-corrected chi connectivity index (χ0v) is 9.43. The summed E-state index contributed by atoms with van der Waals surface area (Å²) in [6.45, 7) is 1.61. The first kappa shape index (κ1) is 12.3. The minimum absolute atomic E-state index is 0.535. The van der Waals surface area contributed by atoms with Crippen LogP contribution in [0.25, 0.3) is 0 Å². The monoisotopic (exact) mass is 240 g/mol. The molecule has 5 atom stereocenters. The van der Waals surface area contributed by atoms with Gasteiger partial charge in [0.15, 0.2) is 0 Å². The number of hydrogen-bond acceptors (Lipinski definition) is 5. The SMILES string of the molecule is C[C@@H]1O[C@@H](Oc2ccccc2)[C@H](O)[C@H](O)[C@@H]1O. The predicted octanol–water partition coefficient (Wildman–Crippen LogP) is -0.107. The lowest BCUT2D eigenvalue weighted by Gasteiger charge is -2.38. The van der Waals surface area contributed by atoms with Crippen LogP contribution in [0.5, 0.6) is 5.75 Å². The van der Waals surface area contributed by atoms with Crippen LogP contribution in [0.1, 0.15) is 6.92 Å². The minimum atomic E-state index is -1.28. The first-order valence-corrected chi connectivity index (χ1v) is 5.51. The third kappa shape index (κ3) is 2.58. The highest BCUT2D eigenvalue weighted by atomic mass is 16.7. The summed E-state index contributed by atoms with van der Waals surface area (Å²) in [5, 5.41) is 28.8. The molecule has 0 bridgehead atoms. The second-order valence-electron chi connectivity index (χ2n) is 4.11. The van der Waals surface area contributed by atoms with Crippen molar-refractivity contribution in [2.45, 2.75) is 37.6 Å². The van der Waals surface area contributed by atoms with Gasteiger partial charge in [0.25, 0.3) is 0 Å². The molecule has 5 heteroatoms. The molecular weight excluding hydrogens is 224 g/mol. The average Bonchev–Trinajstić information content (AvgIpc) is 2.35. The molecule has 94 valence electrons. The fourth-order valence-corrected chi connectivity index (χ4v) is 1.74. The molecule has 1 aromatic rings. The van der Waals surface area contributed by atoms with Gasteiger partial charge in [-0.25, -0.2) is 0 Å². The van der Waals surface area contributed by atoms with E-state index in [1.165, 1.54) is 0 Å². The average molecular weight is 240 g/mol. The number of para-hydroxylation sites is 1. The Kier molecular flexibility index (Phi) is 3.63. The molecule has 0 amide bonds. The number of ether oxygens (including phenoxy) is 2. The van der Waals surface area contributed by atoms with Gasteiger partial charge in [-0.2, -0.15) is 0 Å². The zero-order chi connectivity index (χ0) is 12.4. The number of aliphatic hydroxyl groups excluding tert-OH is 3. The highest BCUT2D eigenvalue weighted by Crippen LogP contribution is 2.23. The number of benzene rings is 1. The van der Waals surface area contributed by atoms with Crippen molar-refractivity contribution in [1.29, 1.82) is 0 Å². The van der Waals surface area contributed by atoms with Crippen molar-refractivity contribution in [3.05, 3.63) is 30.3 Å². The summed E-state index contributed by atoms with van der Waals surface area (Å²) in [6, 6.07) is 8.86. The van der Waals surface area contributed by atoms with Crippen LogP contribution < -0.4 is 4.74 Å². The Balaban J connectivity index is 2.06. The van der Waals surface area contributed by atoms with E-state index >= 15 is 0 Å². The Morgan fingerprint density at radius 1 is 1.00 bits per heavy atom. The fourth-order valence-electron chi connectivity index (χ4n) is 1.74. The van der Waals surface area contributed by atoms with Gasteiger partial charge in [-0.15, -0.1) is 0 Å². The lowest BCUT2D eigenvalue weighted by molar-refractivity contribution is -0.268. The summed E-state index contributed by atoms with van der Waals surface area (Å²) in [6.07, 6.45) is -5.23. The highest BCUT2D eigenvalue weighted by Gasteiger charge is 2.43. The second kappa shape index (κ2) is 5.01. The van der Waals surface area contributed by atoms with Crippen LogP contribution in [0.15, 0.2) is 30.3 Å². The molecule has 17 heavy (non-hydrogen) atoms. The van der Waals surface area contributed by atoms with E-state index in [-0.39, 0.29) is 0 Å². The summed E-state index contributed by atoms with van der Waals surface area (Å²) >= 11 is 0. The van der Waals surface area contributed by atoms with Crippen LogP contribution in [0, 0.1) is 0 Å². The third-order valence-electron chi connectivity index (χ3n) is 2.80. The minimum Gasteiger partial charge on any atom is -0.462 e. The molecule has 1 aromatic carbocycles. The lowest BCUT2D eigenvalue weighted by Crippen LogP contribution is -2.58. The normalized spacial score (nSPS) is 37.8. The van der Waals surface area contributed by atoms with Gasteiger partial charge in [0.1, 0.15) is 24.1 Å². The molecule has 0 aliphatic carbocycles. The standard InChI is InChI=1S/C12H16O5/c1-7-9(13)10(14)11(15)12(16-7)17-8-5-3-2-4-6-8/h2-7,9-15H,1H3/t7-,9+,10+,11+,12-/m0/s1. The van der Waals surface area contributed by atoms with Gasteiger partial charge in [0.05, 0.1) is 6.10 Å². The third-order valence-corrected chi connectivity index (χ3v) is 2.80. The van der Waals surface area contributed by atoms with Crippen molar-refractivity contribution in [2.75, 3.05) is 0 Å². The van der Waals surface area contributed by atoms with Crippen molar-refractivity contribution >= 4 is 0 Å². The van der Waals surface area contributed by atoms with Crippen LogP contribution in [0.4, 0.5) is 0 Å². The molecule has 0 saturated carbocycles. The summed E-state index contributed by atoms with van der Waals surface area (Å²) in [4.78, 5) is 0. The predicted molar refractivity (Wildman–Crippen MR) is 59.4 cm³/mol. The lowest BCUT2D eigenvalue weighted by atomic mass is 10.00. The molecular formula is C12H16O5. The molecule has 3 N–H and O–H groups in total. The molecule has 1 aliphatic rings. The Hall–Kier alpha value is -1.14. The summed E-state index contributed by atoms with van der Waals surface area (Å²) in [5.41, 5.74) is 0. The highest BCUT2D eigenvalue weighted by molar-refractivity contribution is 5.21. The Morgan fingerprint density at radius 3 is 2.29 bits per heavy atom. The molecule has 1 aliphatic heterocycles. The van der Waals surface area contributed by atoms with Crippen LogP contribution in [-0.4, -0.2) is 46.0 Å².